The van der Waals surface area contributed by atoms with Crippen LogP contribution in [0.2, 0.25) is 10.0 Å². The highest BCUT2D eigenvalue weighted by Crippen LogP contribution is 2.24. The molecule has 0 spiro atoms. The highest BCUT2D eigenvalue weighted by molar-refractivity contribution is 6.42. The van der Waals surface area contributed by atoms with Crippen molar-refractivity contribution in [3.63, 3.8) is 0 Å². The molecule has 132 valence electrons. The van der Waals surface area contributed by atoms with Crippen molar-refractivity contribution in [2.24, 2.45) is 0 Å². The number of carbonyl (C=O) groups is 2. The summed E-state index contributed by atoms with van der Waals surface area (Å²) in [5, 5.41) is 3.61. The molecule has 0 fully saturated rings. The Bertz CT molecular complexity index is 781. The van der Waals surface area contributed by atoms with Gasteiger partial charge in [-0.15, -0.1) is 0 Å². The number of likely N-dealkylation sites (N-methyl/N-ethyl adjacent to an activating group) is 1. The lowest BCUT2D eigenvalue weighted by molar-refractivity contribution is -0.885. The zero-order valence-corrected chi connectivity index (χ0v) is 15.4. The molecule has 0 aliphatic heterocycles. The second kappa shape index (κ2) is 8.85. The number of rotatable bonds is 6. The number of esters is 1. The van der Waals surface area contributed by atoms with Gasteiger partial charge in [0.15, 0.2) is 6.54 Å². The predicted octanol–water partition coefficient (Wildman–Crippen LogP) is 2.43. The first-order valence-corrected chi connectivity index (χ1v) is 8.38. The first-order chi connectivity index (χ1) is 11.9. The van der Waals surface area contributed by atoms with E-state index in [4.69, 9.17) is 27.9 Å². The molecule has 7 heteroatoms. The number of hydrogen-bond acceptors (Lipinski definition) is 3. The van der Waals surface area contributed by atoms with Crippen LogP contribution < -0.4 is 10.2 Å². The van der Waals surface area contributed by atoms with Crippen LogP contribution in [-0.2, 0) is 16.1 Å². The van der Waals surface area contributed by atoms with Gasteiger partial charge in [-0.1, -0.05) is 35.3 Å². The highest BCUT2D eigenvalue weighted by Gasteiger charge is 2.13. The molecule has 0 heterocycles. The van der Waals surface area contributed by atoms with Gasteiger partial charge in [0.1, 0.15) is 6.54 Å². The van der Waals surface area contributed by atoms with E-state index in [2.05, 4.69) is 5.32 Å². The molecule has 1 amide bonds. The molecular weight excluding hydrogens is 363 g/mol. The van der Waals surface area contributed by atoms with Crippen molar-refractivity contribution in [1.82, 2.24) is 0 Å². The maximum absolute atomic E-state index is 12.1. The number of nitrogens with one attached hydrogen (secondary N) is 2. The summed E-state index contributed by atoms with van der Waals surface area (Å²) < 4.78 is 4.72. The smallest absolute Gasteiger partial charge is 0.337 e. The topological polar surface area (TPSA) is 59.8 Å². The van der Waals surface area contributed by atoms with E-state index in [-0.39, 0.29) is 18.4 Å². The average molecular weight is 382 g/mol. The van der Waals surface area contributed by atoms with E-state index in [1.165, 1.54) is 7.11 Å². The van der Waals surface area contributed by atoms with E-state index < -0.39 is 0 Å². The lowest BCUT2D eigenvalue weighted by Gasteiger charge is -2.14. The fourth-order valence-electron chi connectivity index (χ4n) is 2.39. The van der Waals surface area contributed by atoms with Gasteiger partial charge in [0, 0.05) is 11.3 Å². The minimum atomic E-state index is -0.378. The van der Waals surface area contributed by atoms with Crippen molar-refractivity contribution in [3.05, 3.63) is 63.6 Å². The molecule has 0 bridgehead atoms. The lowest BCUT2D eigenvalue weighted by atomic mass is 10.1. The van der Waals surface area contributed by atoms with E-state index in [1.807, 2.05) is 13.1 Å². The molecule has 2 aromatic rings. The van der Waals surface area contributed by atoms with Crippen molar-refractivity contribution in [2.75, 3.05) is 26.0 Å². The first-order valence-electron chi connectivity index (χ1n) is 7.62. The Morgan fingerprint density at radius 3 is 2.56 bits per heavy atom. The highest BCUT2D eigenvalue weighted by atomic mass is 35.5. The summed E-state index contributed by atoms with van der Waals surface area (Å²) in [6, 6.07) is 12.1. The number of methoxy groups -OCH3 is 1. The van der Waals surface area contributed by atoms with E-state index in [1.54, 1.807) is 36.4 Å². The van der Waals surface area contributed by atoms with Gasteiger partial charge in [0.2, 0.25) is 0 Å². The van der Waals surface area contributed by atoms with Gasteiger partial charge < -0.3 is 15.0 Å². The summed E-state index contributed by atoms with van der Waals surface area (Å²) >= 11 is 11.8. The van der Waals surface area contributed by atoms with Crippen molar-refractivity contribution in [3.8, 4) is 0 Å². The van der Waals surface area contributed by atoms with E-state index in [0.717, 1.165) is 10.5 Å². The molecule has 0 aliphatic rings. The standard InChI is InChI=1S/C18H18Cl2N2O3/c1-22(10-12-4-3-5-13(8-12)18(24)25-2)11-17(23)21-14-6-7-15(19)16(20)9-14/h3-9H,10-11H2,1-2H3,(H,21,23)/p+1. The molecule has 0 saturated carbocycles. The van der Waals surface area contributed by atoms with Crippen molar-refractivity contribution in [2.45, 2.75) is 6.54 Å². The zero-order chi connectivity index (χ0) is 18.4. The van der Waals surface area contributed by atoms with Gasteiger partial charge in [-0.3, -0.25) is 4.79 Å². The maximum atomic E-state index is 12.1. The van der Waals surface area contributed by atoms with Gasteiger partial charge in [-0.25, -0.2) is 4.79 Å². The first kappa shape index (κ1) is 19.2. The van der Waals surface area contributed by atoms with Gasteiger partial charge >= 0.3 is 5.97 Å². The van der Waals surface area contributed by atoms with Crippen LogP contribution in [0.1, 0.15) is 15.9 Å². The van der Waals surface area contributed by atoms with Crippen molar-refractivity contribution < 1.29 is 19.2 Å². The molecule has 0 aromatic heterocycles. The number of hydrogen-bond donors (Lipinski definition) is 2. The quantitative estimate of drug-likeness (QED) is 0.755. The van der Waals surface area contributed by atoms with Crippen molar-refractivity contribution in [1.29, 1.82) is 0 Å². The van der Waals surface area contributed by atoms with Crippen LogP contribution in [0.3, 0.4) is 0 Å². The Hall–Kier alpha value is -2.08. The average Bonchev–Trinajstić information content (AvgIpc) is 2.57. The summed E-state index contributed by atoms with van der Waals surface area (Å²) in [7, 11) is 3.25. The Labute approximate surface area is 156 Å². The number of benzene rings is 2. The third-order valence-electron chi connectivity index (χ3n) is 3.52. The molecule has 2 rings (SSSR count). The van der Waals surface area contributed by atoms with Gasteiger partial charge in [-0.2, -0.15) is 0 Å². The maximum Gasteiger partial charge on any atom is 0.337 e. The number of anilines is 1. The lowest BCUT2D eigenvalue weighted by Crippen LogP contribution is -3.08. The molecule has 0 saturated heterocycles. The molecule has 2 N–H and O–H groups in total. The molecule has 2 aromatic carbocycles. The second-order valence-corrected chi connectivity index (χ2v) is 6.49. The number of quaternary nitrogens is 1. The van der Waals surface area contributed by atoms with Gasteiger partial charge in [0.05, 0.1) is 29.8 Å². The molecule has 1 unspecified atom stereocenters. The van der Waals surface area contributed by atoms with Crippen LogP contribution in [0.4, 0.5) is 5.69 Å². The zero-order valence-electron chi connectivity index (χ0n) is 13.9. The summed E-state index contributed by atoms with van der Waals surface area (Å²) in [6.07, 6.45) is 0. The SMILES string of the molecule is COC(=O)c1cccc(C[NH+](C)CC(=O)Nc2ccc(Cl)c(Cl)c2)c1. The van der Waals surface area contributed by atoms with Crippen LogP contribution in [0.5, 0.6) is 0 Å². The van der Waals surface area contributed by atoms with Crippen molar-refractivity contribution >= 4 is 40.8 Å². The van der Waals surface area contributed by atoms with Crippen LogP contribution in [0.15, 0.2) is 42.5 Å². The fraction of sp³-hybridized carbons (Fsp3) is 0.222. The largest absolute Gasteiger partial charge is 0.465 e. The van der Waals surface area contributed by atoms with E-state index in [0.29, 0.717) is 27.8 Å². The number of carbonyl (C=O) groups excluding carboxylic acids is 2. The Morgan fingerprint density at radius 1 is 1.12 bits per heavy atom. The number of halogens is 2. The summed E-state index contributed by atoms with van der Waals surface area (Å²) in [4.78, 5) is 24.7. The minimum absolute atomic E-state index is 0.139. The van der Waals surface area contributed by atoms with Crippen LogP contribution in [-0.4, -0.2) is 32.6 Å². The third kappa shape index (κ3) is 5.74. The second-order valence-electron chi connectivity index (χ2n) is 5.68. The summed E-state index contributed by atoms with van der Waals surface area (Å²) in [5.74, 6) is -0.517. The minimum Gasteiger partial charge on any atom is -0.465 e. The molecule has 1 atom stereocenters. The number of amides is 1. The monoisotopic (exact) mass is 381 g/mol. The molecule has 5 nitrogen and oxygen atoms in total. The van der Waals surface area contributed by atoms with E-state index >= 15 is 0 Å². The third-order valence-corrected chi connectivity index (χ3v) is 4.26. The Kier molecular flexibility index (Phi) is 6.82. The summed E-state index contributed by atoms with van der Waals surface area (Å²) in [5.41, 5.74) is 2.04. The Balaban J connectivity index is 1.93. The van der Waals surface area contributed by atoms with Crippen LogP contribution >= 0.6 is 23.2 Å². The van der Waals surface area contributed by atoms with Crippen LogP contribution in [0.25, 0.3) is 0 Å². The number of ether oxygens (including phenoxy) is 1. The molecule has 0 radical (unpaired) electrons. The predicted molar refractivity (Wildman–Crippen MR) is 98.3 cm³/mol. The molecule has 0 aliphatic carbocycles. The molecule has 25 heavy (non-hydrogen) atoms. The van der Waals surface area contributed by atoms with Gasteiger partial charge in [0.25, 0.3) is 5.91 Å². The van der Waals surface area contributed by atoms with Crippen LogP contribution in [0, 0.1) is 0 Å². The van der Waals surface area contributed by atoms with Gasteiger partial charge in [-0.05, 0) is 30.3 Å². The fourth-order valence-corrected chi connectivity index (χ4v) is 2.69. The summed E-state index contributed by atoms with van der Waals surface area (Å²) in [6.45, 7) is 0.863. The van der Waals surface area contributed by atoms with E-state index in [9.17, 15) is 9.59 Å². The Morgan fingerprint density at radius 2 is 1.88 bits per heavy atom. The molecular formula is C18H19Cl2N2O3+. The normalized spacial score (nSPS) is 11.7.